The number of nitrogens with zero attached hydrogens (tertiary/aromatic N) is 1. The normalized spacial score (nSPS) is 13.0. The maximum Gasteiger partial charge on any atom is 0.0263 e. The fourth-order valence-electron chi connectivity index (χ4n) is 2.86. The standard InChI is InChI=1S/C18H27N3/c1-3-21(4-2)13-12-17(20-19)14-16-10-7-9-15-8-5-6-11-18(15)16/h5-11,17,20H,3-4,12-14,19H2,1-2H3. The van der Waals surface area contributed by atoms with Gasteiger partial charge >= 0.3 is 0 Å². The maximum atomic E-state index is 5.77. The van der Waals surface area contributed by atoms with Crippen LogP contribution in [0.2, 0.25) is 0 Å². The van der Waals surface area contributed by atoms with Crippen molar-refractivity contribution in [2.45, 2.75) is 32.7 Å². The lowest BCUT2D eigenvalue weighted by Gasteiger charge is -2.22. The van der Waals surface area contributed by atoms with Crippen LogP contribution >= 0.6 is 0 Å². The summed E-state index contributed by atoms with van der Waals surface area (Å²) in [6.45, 7) is 7.70. The molecule has 2 aromatic rings. The largest absolute Gasteiger partial charge is 0.304 e. The van der Waals surface area contributed by atoms with E-state index in [2.05, 4.69) is 66.6 Å². The number of nitrogens with two attached hydrogens (primary N) is 1. The van der Waals surface area contributed by atoms with Crippen LogP contribution in [0.15, 0.2) is 42.5 Å². The van der Waals surface area contributed by atoms with E-state index in [1.54, 1.807) is 0 Å². The summed E-state index contributed by atoms with van der Waals surface area (Å²) in [6, 6.07) is 15.4. The summed E-state index contributed by atoms with van der Waals surface area (Å²) < 4.78 is 0. The molecule has 0 fully saturated rings. The van der Waals surface area contributed by atoms with Gasteiger partial charge in [0.1, 0.15) is 0 Å². The van der Waals surface area contributed by atoms with Gasteiger partial charge in [-0.1, -0.05) is 56.3 Å². The Labute approximate surface area is 128 Å². The van der Waals surface area contributed by atoms with Gasteiger partial charge in [-0.3, -0.25) is 11.3 Å². The summed E-state index contributed by atoms with van der Waals surface area (Å²) in [5, 5.41) is 2.64. The average molecular weight is 285 g/mol. The minimum absolute atomic E-state index is 0.316. The molecule has 0 spiro atoms. The second-order valence-electron chi connectivity index (χ2n) is 5.52. The van der Waals surface area contributed by atoms with Gasteiger partial charge in [0.2, 0.25) is 0 Å². The van der Waals surface area contributed by atoms with E-state index in [-0.39, 0.29) is 0 Å². The molecule has 0 aliphatic carbocycles. The highest BCUT2D eigenvalue weighted by Gasteiger charge is 2.11. The SMILES string of the molecule is CCN(CC)CCC(Cc1cccc2ccccc12)NN. The van der Waals surface area contributed by atoms with Crippen LogP contribution in [-0.4, -0.2) is 30.6 Å². The maximum absolute atomic E-state index is 5.77. The zero-order chi connectivity index (χ0) is 15.1. The van der Waals surface area contributed by atoms with Crippen molar-refractivity contribution in [1.82, 2.24) is 10.3 Å². The molecule has 21 heavy (non-hydrogen) atoms. The van der Waals surface area contributed by atoms with E-state index in [4.69, 9.17) is 5.84 Å². The molecular formula is C18H27N3. The van der Waals surface area contributed by atoms with Gasteiger partial charge in [0.25, 0.3) is 0 Å². The molecule has 0 aromatic heterocycles. The monoisotopic (exact) mass is 285 g/mol. The molecular weight excluding hydrogens is 258 g/mol. The summed E-state index contributed by atoms with van der Waals surface area (Å²) in [7, 11) is 0. The van der Waals surface area contributed by atoms with Crippen LogP contribution in [0.3, 0.4) is 0 Å². The zero-order valence-corrected chi connectivity index (χ0v) is 13.2. The Kier molecular flexibility index (Phi) is 6.18. The number of rotatable bonds is 8. The average Bonchev–Trinajstić information content (AvgIpc) is 2.54. The van der Waals surface area contributed by atoms with E-state index < -0.39 is 0 Å². The summed E-state index contributed by atoms with van der Waals surface area (Å²) in [5.41, 5.74) is 4.36. The predicted molar refractivity (Wildman–Crippen MR) is 91.2 cm³/mol. The van der Waals surface area contributed by atoms with E-state index in [1.807, 2.05) is 0 Å². The van der Waals surface area contributed by atoms with Crippen molar-refractivity contribution in [2.75, 3.05) is 19.6 Å². The molecule has 0 amide bonds. The van der Waals surface area contributed by atoms with Crippen LogP contribution in [0.25, 0.3) is 10.8 Å². The van der Waals surface area contributed by atoms with Gasteiger partial charge in [-0.05, 0) is 48.8 Å². The van der Waals surface area contributed by atoms with Crippen molar-refractivity contribution in [3.8, 4) is 0 Å². The van der Waals surface area contributed by atoms with Gasteiger partial charge in [0.15, 0.2) is 0 Å². The Bertz CT molecular complexity index is 544. The van der Waals surface area contributed by atoms with Crippen molar-refractivity contribution in [1.29, 1.82) is 0 Å². The Hall–Kier alpha value is -1.42. The molecule has 3 N–H and O–H groups in total. The van der Waals surface area contributed by atoms with E-state index in [9.17, 15) is 0 Å². The van der Waals surface area contributed by atoms with Crippen molar-refractivity contribution < 1.29 is 0 Å². The van der Waals surface area contributed by atoms with Crippen molar-refractivity contribution >= 4 is 10.8 Å². The molecule has 0 saturated carbocycles. The van der Waals surface area contributed by atoms with Crippen LogP contribution in [0.1, 0.15) is 25.8 Å². The van der Waals surface area contributed by atoms with E-state index >= 15 is 0 Å². The number of nitrogens with one attached hydrogen (secondary N) is 1. The smallest absolute Gasteiger partial charge is 0.0263 e. The highest BCUT2D eigenvalue weighted by molar-refractivity contribution is 5.85. The second-order valence-corrected chi connectivity index (χ2v) is 5.52. The lowest BCUT2D eigenvalue weighted by Crippen LogP contribution is -2.39. The molecule has 2 rings (SSSR count). The highest BCUT2D eigenvalue weighted by Crippen LogP contribution is 2.20. The first-order chi connectivity index (χ1) is 10.3. The van der Waals surface area contributed by atoms with Gasteiger partial charge in [0.05, 0.1) is 0 Å². The number of hydrogen-bond acceptors (Lipinski definition) is 3. The zero-order valence-electron chi connectivity index (χ0n) is 13.2. The van der Waals surface area contributed by atoms with E-state index in [0.29, 0.717) is 6.04 Å². The van der Waals surface area contributed by atoms with Crippen LogP contribution < -0.4 is 11.3 Å². The molecule has 0 radical (unpaired) electrons. The van der Waals surface area contributed by atoms with E-state index in [1.165, 1.54) is 16.3 Å². The van der Waals surface area contributed by atoms with Crippen LogP contribution in [0.5, 0.6) is 0 Å². The second kappa shape index (κ2) is 8.13. The molecule has 3 nitrogen and oxygen atoms in total. The van der Waals surface area contributed by atoms with Gasteiger partial charge in [0, 0.05) is 6.04 Å². The Morgan fingerprint density at radius 1 is 1.05 bits per heavy atom. The molecule has 1 atom stereocenters. The summed E-state index contributed by atoms with van der Waals surface area (Å²) >= 11 is 0. The minimum Gasteiger partial charge on any atom is -0.304 e. The summed E-state index contributed by atoms with van der Waals surface area (Å²) in [6.07, 6.45) is 2.04. The fourth-order valence-corrected chi connectivity index (χ4v) is 2.86. The van der Waals surface area contributed by atoms with Crippen molar-refractivity contribution in [2.24, 2.45) is 5.84 Å². The third-order valence-electron chi connectivity index (χ3n) is 4.27. The first kappa shape index (κ1) is 16.0. The van der Waals surface area contributed by atoms with Crippen molar-refractivity contribution in [3.05, 3.63) is 48.0 Å². The quantitative estimate of drug-likeness (QED) is 0.579. The molecule has 0 bridgehead atoms. The third-order valence-corrected chi connectivity index (χ3v) is 4.27. The minimum atomic E-state index is 0.316. The van der Waals surface area contributed by atoms with Crippen molar-refractivity contribution in [3.63, 3.8) is 0 Å². The third kappa shape index (κ3) is 4.27. The van der Waals surface area contributed by atoms with Crippen LogP contribution in [0, 0.1) is 0 Å². The molecule has 3 heteroatoms. The van der Waals surface area contributed by atoms with Gasteiger partial charge in [-0.15, -0.1) is 0 Å². The topological polar surface area (TPSA) is 41.3 Å². The lowest BCUT2D eigenvalue weighted by atomic mass is 9.97. The molecule has 1 unspecified atom stereocenters. The van der Waals surface area contributed by atoms with Gasteiger partial charge in [-0.25, -0.2) is 0 Å². The molecule has 2 aromatic carbocycles. The number of hydrazine groups is 1. The fraction of sp³-hybridized carbons (Fsp3) is 0.444. The summed E-state index contributed by atoms with van der Waals surface area (Å²) in [5.74, 6) is 5.77. The van der Waals surface area contributed by atoms with E-state index in [0.717, 1.165) is 32.5 Å². The first-order valence-electron chi connectivity index (χ1n) is 7.93. The number of benzene rings is 2. The Morgan fingerprint density at radius 3 is 2.48 bits per heavy atom. The summed E-state index contributed by atoms with van der Waals surface area (Å²) in [4.78, 5) is 2.44. The Morgan fingerprint density at radius 2 is 1.76 bits per heavy atom. The molecule has 0 aliphatic rings. The van der Waals surface area contributed by atoms with Gasteiger partial charge in [-0.2, -0.15) is 0 Å². The Balaban J connectivity index is 2.06. The predicted octanol–water partition coefficient (Wildman–Crippen LogP) is 2.95. The van der Waals surface area contributed by atoms with Crippen LogP contribution in [0.4, 0.5) is 0 Å². The lowest BCUT2D eigenvalue weighted by molar-refractivity contribution is 0.281. The highest BCUT2D eigenvalue weighted by atomic mass is 15.2. The number of fused-ring (bicyclic) bond motifs is 1. The first-order valence-corrected chi connectivity index (χ1v) is 7.93. The van der Waals surface area contributed by atoms with Gasteiger partial charge < -0.3 is 4.90 Å². The molecule has 0 heterocycles. The number of hydrogen-bond donors (Lipinski definition) is 2. The molecule has 114 valence electrons. The molecule has 0 saturated heterocycles. The molecule has 0 aliphatic heterocycles. The van der Waals surface area contributed by atoms with Crippen LogP contribution in [-0.2, 0) is 6.42 Å².